The van der Waals surface area contributed by atoms with Crippen molar-refractivity contribution in [3.63, 3.8) is 0 Å². The maximum atomic E-state index is 13.9. The molecule has 15 heteroatoms. The SMILES string of the molecule is COC1CN(CCO[C@H]2/C=C/CCN(C)C(=O)C[C@](O)(C(=O)NS(=O)(=O)N(C)C)c3ccc4c(c3)N(CCCCc3cc(Cl)ccc3CO4)C[C@@H]3CC[C@H]32)C1. The van der Waals surface area contributed by atoms with E-state index in [-0.39, 0.29) is 30.3 Å². The van der Waals surface area contributed by atoms with E-state index in [1.807, 2.05) is 22.9 Å². The van der Waals surface area contributed by atoms with Gasteiger partial charge in [-0.2, -0.15) is 12.7 Å². The number of methoxy groups -OCH3 is 1. The van der Waals surface area contributed by atoms with Crippen molar-refractivity contribution < 1.29 is 37.3 Å². The van der Waals surface area contributed by atoms with E-state index in [2.05, 4.69) is 22.0 Å². The lowest BCUT2D eigenvalue weighted by Crippen LogP contribution is -2.53. The Labute approximate surface area is 330 Å². The molecule has 55 heavy (non-hydrogen) atoms. The van der Waals surface area contributed by atoms with Crippen molar-refractivity contribution in [3.05, 3.63) is 70.3 Å². The number of rotatable bonds is 8. The Bertz CT molecular complexity index is 1820. The summed E-state index contributed by atoms with van der Waals surface area (Å²) >= 11 is 6.40. The number of halogens is 1. The van der Waals surface area contributed by atoms with Crippen LogP contribution in [-0.2, 0) is 47.9 Å². The van der Waals surface area contributed by atoms with Gasteiger partial charge in [-0.1, -0.05) is 35.9 Å². The summed E-state index contributed by atoms with van der Waals surface area (Å²) in [5.41, 5.74) is 0.378. The second kappa shape index (κ2) is 17.9. The molecule has 3 heterocycles. The molecule has 2 amide bonds. The summed E-state index contributed by atoms with van der Waals surface area (Å²) in [6.07, 6.45) is 8.85. The number of nitrogens with zero attached hydrogens (tertiary/aromatic N) is 4. The first kappa shape index (κ1) is 41.4. The average molecular weight is 802 g/mol. The number of ether oxygens (including phenoxy) is 3. The number of likely N-dealkylation sites (tertiary alicyclic amines) is 1. The first-order valence-corrected chi connectivity index (χ1v) is 21.1. The lowest BCUT2D eigenvalue weighted by atomic mass is 9.70. The van der Waals surface area contributed by atoms with Gasteiger partial charge >= 0.3 is 10.2 Å². The van der Waals surface area contributed by atoms with Crippen LogP contribution >= 0.6 is 11.6 Å². The highest BCUT2D eigenvalue weighted by Crippen LogP contribution is 2.43. The Morgan fingerprint density at radius 1 is 1.09 bits per heavy atom. The first-order valence-electron chi connectivity index (χ1n) is 19.3. The Kier molecular flexibility index (Phi) is 13.5. The zero-order valence-corrected chi connectivity index (χ0v) is 34.0. The van der Waals surface area contributed by atoms with Crippen LogP contribution in [0.3, 0.4) is 0 Å². The van der Waals surface area contributed by atoms with E-state index in [4.69, 9.17) is 25.8 Å². The standard InChI is InChI=1S/C40H56ClN5O8S/c1-43(2)55(50,51)42-39(48)40(49)23-38(47)44(3)17-7-6-10-36(53-20-19-45-25-33(26-45)52-4)34-15-12-29(34)24-46-18-8-5-9-28-21-32(41)14-11-30(28)27-54-37-16-13-31(40)22-35(37)46/h6,10-11,13-14,16,21-22,29,33-34,36,49H,5,7-9,12,15,17-20,23-27H2,1-4H3,(H,42,48)/b10-6+/t29-,34+,36-,40+/m0/s1. The third-order valence-corrected chi connectivity index (χ3v) is 13.3. The highest BCUT2D eigenvalue weighted by Gasteiger charge is 2.44. The fourth-order valence-electron chi connectivity index (χ4n) is 7.81. The Morgan fingerprint density at radius 3 is 2.62 bits per heavy atom. The number of hydrogen-bond acceptors (Lipinski definition) is 10. The number of anilines is 1. The topological polar surface area (TPSA) is 141 Å². The molecule has 0 spiro atoms. The molecule has 0 radical (unpaired) electrons. The van der Waals surface area contributed by atoms with Crippen LogP contribution in [0.2, 0.25) is 5.02 Å². The molecule has 4 aliphatic rings. The van der Waals surface area contributed by atoms with E-state index in [1.54, 1.807) is 32.4 Å². The normalized spacial score (nSPS) is 26.5. The van der Waals surface area contributed by atoms with Crippen molar-refractivity contribution in [1.82, 2.24) is 18.8 Å². The van der Waals surface area contributed by atoms with Crippen molar-refractivity contribution in [2.75, 3.05) is 79.0 Å². The number of aliphatic hydroxyl groups is 1. The summed E-state index contributed by atoms with van der Waals surface area (Å²) in [5, 5.41) is 13.0. The molecule has 2 aromatic carbocycles. The largest absolute Gasteiger partial charge is 0.487 e. The zero-order valence-electron chi connectivity index (χ0n) is 32.4. The number of carbonyl (C=O) groups excluding carboxylic acids is 2. The van der Waals surface area contributed by atoms with Gasteiger partial charge in [0, 0.05) is 72.5 Å². The minimum absolute atomic E-state index is 0.0927. The van der Waals surface area contributed by atoms with Gasteiger partial charge < -0.3 is 29.1 Å². The summed E-state index contributed by atoms with van der Waals surface area (Å²) in [5.74, 6) is -0.626. The number of nitrogens with one attached hydrogen (secondary N) is 1. The molecule has 1 saturated carbocycles. The van der Waals surface area contributed by atoms with E-state index < -0.39 is 34.0 Å². The molecule has 6 rings (SSSR count). The molecule has 4 atom stereocenters. The summed E-state index contributed by atoms with van der Waals surface area (Å²) in [6, 6.07) is 10.8. The third-order valence-electron chi connectivity index (χ3n) is 11.6. The lowest BCUT2D eigenvalue weighted by molar-refractivity contribution is -0.148. The molecule has 0 unspecified atom stereocenters. The van der Waals surface area contributed by atoms with Gasteiger partial charge in [-0.05, 0) is 91.3 Å². The molecule has 2 bridgehead atoms. The van der Waals surface area contributed by atoms with Crippen LogP contribution in [0.4, 0.5) is 5.69 Å². The molecule has 1 saturated heterocycles. The molecule has 0 aromatic heterocycles. The zero-order chi connectivity index (χ0) is 39.3. The summed E-state index contributed by atoms with van der Waals surface area (Å²) in [7, 11) is 1.62. The summed E-state index contributed by atoms with van der Waals surface area (Å²) in [6.45, 7) is 5.20. The average Bonchev–Trinajstić information content (AvgIpc) is 3.14. The summed E-state index contributed by atoms with van der Waals surface area (Å²) < 4.78 is 47.2. The van der Waals surface area contributed by atoms with Crippen LogP contribution in [0.15, 0.2) is 48.6 Å². The number of amides is 2. The number of fused-ring (bicyclic) bond motifs is 3. The Morgan fingerprint density at radius 2 is 1.89 bits per heavy atom. The van der Waals surface area contributed by atoms with Crippen LogP contribution in [-0.4, -0.2) is 126 Å². The molecule has 302 valence electrons. The monoisotopic (exact) mass is 801 g/mol. The lowest BCUT2D eigenvalue weighted by Gasteiger charge is -2.44. The number of aryl methyl sites for hydroxylation is 1. The maximum Gasteiger partial charge on any atom is 0.303 e. The minimum atomic E-state index is -4.30. The van der Waals surface area contributed by atoms with Crippen LogP contribution in [0, 0.1) is 11.8 Å². The number of benzene rings is 2. The van der Waals surface area contributed by atoms with Gasteiger partial charge in [0.1, 0.15) is 12.4 Å². The second-order valence-electron chi connectivity index (χ2n) is 15.5. The van der Waals surface area contributed by atoms with Gasteiger partial charge in [0.25, 0.3) is 5.91 Å². The smallest absolute Gasteiger partial charge is 0.303 e. The summed E-state index contributed by atoms with van der Waals surface area (Å²) in [4.78, 5) is 33.7. The minimum Gasteiger partial charge on any atom is -0.487 e. The number of hydrogen-bond donors (Lipinski definition) is 2. The molecule has 2 fully saturated rings. The van der Waals surface area contributed by atoms with Crippen LogP contribution in [0.5, 0.6) is 5.75 Å². The molecule has 2 N–H and O–H groups in total. The van der Waals surface area contributed by atoms with Crippen molar-refractivity contribution in [2.45, 2.75) is 69.4 Å². The highest BCUT2D eigenvalue weighted by molar-refractivity contribution is 7.87. The quantitative estimate of drug-likeness (QED) is 0.380. The van der Waals surface area contributed by atoms with Crippen LogP contribution in [0.1, 0.15) is 55.2 Å². The van der Waals surface area contributed by atoms with E-state index in [1.165, 1.54) is 19.0 Å². The van der Waals surface area contributed by atoms with Gasteiger partial charge in [0.05, 0.1) is 30.9 Å². The molecule has 3 aliphatic heterocycles. The van der Waals surface area contributed by atoms with Gasteiger partial charge in [-0.25, -0.2) is 4.72 Å². The van der Waals surface area contributed by atoms with Gasteiger partial charge in [-0.15, -0.1) is 0 Å². The van der Waals surface area contributed by atoms with Crippen LogP contribution < -0.4 is 14.4 Å². The molecule has 13 nitrogen and oxygen atoms in total. The van der Waals surface area contributed by atoms with Crippen molar-refractivity contribution in [1.29, 1.82) is 0 Å². The van der Waals surface area contributed by atoms with Crippen molar-refractivity contribution in [3.8, 4) is 5.75 Å². The third kappa shape index (κ3) is 9.84. The number of carbonyl (C=O) groups is 2. The molecule has 1 aliphatic carbocycles. The Hall–Kier alpha value is -3.24. The molecular formula is C40H56ClN5O8S. The molecule has 2 aromatic rings. The molecular weight excluding hydrogens is 746 g/mol. The fourth-order valence-corrected chi connectivity index (χ4v) is 8.59. The second-order valence-corrected chi connectivity index (χ2v) is 17.9. The van der Waals surface area contributed by atoms with Crippen molar-refractivity contribution in [2.24, 2.45) is 11.8 Å². The highest BCUT2D eigenvalue weighted by atomic mass is 35.5. The van der Waals surface area contributed by atoms with Gasteiger partial charge in [0.15, 0.2) is 5.60 Å². The first-order chi connectivity index (χ1) is 26.3. The fraction of sp³-hybridized carbons (Fsp3) is 0.600. The van der Waals surface area contributed by atoms with Gasteiger partial charge in [-0.3, -0.25) is 14.5 Å². The van der Waals surface area contributed by atoms with Gasteiger partial charge in [0.2, 0.25) is 5.91 Å². The predicted octanol–water partition coefficient (Wildman–Crippen LogP) is 3.72. The predicted molar refractivity (Wildman–Crippen MR) is 211 cm³/mol. The van der Waals surface area contributed by atoms with Crippen LogP contribution in [0.25, 0.3) is 0 Å². The van der Waals surface area contributed by atoms with E-state index >= 15 is 0 Å². The van der Waals surface area contributed by atoms with E-state index in [0.717, 1.165) is 67.2 Å². The maximum absolute atomic E-state index is 13.9. The van der Waals surface area contributed by atoms with Crippen molar-refractivity contribution >= 4 is 39.3 Å². The van der Waals surface area contributed by atoms with E-state index in [0.29, 0.717) is 55.0 Å². The Balaban J connectivity index is 1.37. The van der Waals surface area contributed by atoms with E-state index in [9.17, 15) is 23.1 Å².